The summed E-state index contributed by atoms with van der Waals surface area (Å²) >= 11 is 6.62. The number of hydrogen-bond donors (Lipinski definition) is 0. The van der Waals surface area contributed by atoms with E-state index in [9.17, 15) is 0 Å². The van der Waals surface area contributed by atoms with Gasteiger partial charge in [0.2, 0.25) is 0 Å². The largest absolute Gasteiger partial charge is 0.489 e. The van der Waals surface area contributed by atoms with Crippen molar-refractivity contribution in [2.75, 3.05) is 19.8 Å². The van der Waals surface area contributed by atoms with Crippen molar-refractivity contribution in [3.63, 3.8) is 0 Å². The molecule has 0 amide bonds. The molecule has 0 aromatic heterocycles. The molecule has 23 heavy (non-hydrogen) atoms. The van der Waals surface area contributed by atoms with Gasteiger partial charge in [-0.15, -0.1) is 0 Å². The summed E-state index contributed by atoms with van der Waals surface area (Å²) in [4.78, 5) is 5.15. The SMILES string of the molecule is CCc1cc(OCC=C(Br)Br)cc(C)c1OCCON=C(C)C. The predicted molar refractivity (Wildman–Crippen MR) is 102 cm³/mol. The standard InChI is InChI=1S/C17H23Br2NO3/c1-5-14-11-15(21-7-6-16(18)19)10-13(4)17(14)22-8-9-23-20-12(2)3/h6,10-11H,5,7-9H2,1-4H3. The third kappa shape index (κ3) is 7.88. The van der Waals surface area contributed by atoms with E-state index in [0.29, 0.717) is 19.8 Å². The van der Waals surface area contributed by atoms with Crippen molar-refractivity contribution in [3.05, 3.63) is 32.7 Å². The maximum absolute atomic E-state index is 5.86. The molecule has 1 rings (SSSR count). The van der Waals surface area contributed by atoms with Gasteiger partial charge in [0.25, 0.3) is 0 Å². The van der Waals surface area contributed by atoms with Gasteiger partial charge in [-0.25, -0.2) is 0 Å². The van der Waals surface area contributed by atoms with Crippen molar-refractivity contribution in [1.82, 2.24) is 0 Å². The van der Waals surface area contributed by atoms with Crippen molar-refractivity contribution in [2.45, 2.75) is 34.1 Å². The van der Waals surface area contributed by atoms with Gasteiger partial charge in [-0.05, 0) is 88.4 Å². The quantitative estimate of drug-likeness (QED) is 0.290. The van der Waals surface area contributed by atoms with Gasteiger partial charge in [-0.3, -0.25) is 0 Å². The van der Waals surface area contributed by atoms with Crippen LogP contribution >= 0.6 is 31.9 Å². The summed E-state index contributed by atoms with van der Waals surface area (Å²) < 4.78 is 12.5. The average Bonchev–Trinajstić information content (AvgIpc) is 2.47. The fraction of sp³-hybridized carbons (Fsp3) is 0.471. The van der Waals surface area contributed by atoms with E-state index in [2.05, 4.69) is 43.9 Å². The molecule has 0 aliphatic heterocycles. The molecule has 6 heteroatoms. The number of oxime groups is 1. The Kier molecular flexibility index (Phi) is 9.33. The molecule has 0 saturated carbocycles. The zero-order valence-corrected chi connectivity index (χ0v) is 17.2. The molecule has 1 aromatic rings. The van der Waals surface area contributed by atoms with Crippen molar-refractivity contribution in [1.29, 1.82) is 0 Å². The Morgan fingerprint density at radius 1 is 1.17 bits per heavy atom. The van der Waals surface area contributed by atoms with Crippen molar-refractivity contribution in [2.24, 2.45) is 5.16 Å². The minimum absolute atomic E-state index is 0.427. The molecule has 0 N–H and O–H groups in total. The maximum atomic E-state index is 5.86. The van der Waals surface area contributed by atoms with Gasteiger partial charge in [-0.2, -0.15) is 0 Å². The molecule has 0 unspecified atom stereocenters. The van der Waals surface area contributed by atoms with Gasteiger partial charge < -0.3 is 14.3 Å². The first-order chi connectivity index (χ1) is 10.9. The summed E-state index contributed by atoms with van der Waals surface area (Å²) in [6, 6.07) is 4.01. The molecule has 0 aliphatic carbocycles. The Hall–Kier alpha value is -1.01. The third-order valence-electron chi connectivity index (χ3n) is 2.86. The van der Waals surface area contributed by atoms with Crippen LogP contribution in [0.5, 0.6) is 11.5 Å². The summed E-state index contributed by atoms with van der Waals surface area (Å²) in [6.07, 6.45) is 2.78. The first-order valence-electron chi connectivity index (χ1n) is 7.47. The summed E-state index contributed by atoms with van der Waals surface area (Å²) in [5, 5.41) is 3.89. The van der Waals surface area contributed by atoms with Crippen molar-refractivity contribution in [3.8, 4) is 11.5 Å². The lowest BCUT2D eigenvalue weighted by atomic mass is 10.1. The van der Waals surface area contributed by atoms with Crippen molar-refractivity contribution < 1.29 is 14.3 Å². The van der Waals surface area contributed by atoms with Gasteiger partial charge in [0.15, 0.2) is 6.61 Å². The topological polar surface area (TPSA) is 40.0 Å². The second-order valence-corrected chi connectivity index (χ2v) is 7.88. The highest BCUT2D eigenvalue weighted by Gasteiger charge is 2.09. The summed E-state index contributed by atoms with van der Waals surface area (Å²) in [6.45, 7) is 9.29. The molecule has 0 heterocycles. The van der Waals surface area contributed by atoms with Crippen LogP contribution in [0, 0.1) is 6.92 Å². The molecule has 4 nitrogen and oxygen atoms in total. The van der Waals surface area contributed by atoms with Crippen LogP contribution < -0.4 is 9.47 Å². The zero-order chi connectivity index (χ0) is 17.2. The Labute approximate surface area is 155 Å². The normalized spacial score (nSPS) is 10.0. The number of rotatable bonds is 9. The molecular weight excluding hydrogens is 426 g/mol. The molecule has 0 fully saturated rings. The smallest absolute Gasteiger partial charge is 0.151 e. The number of hydrogen-bond acceptors (Lipinski definition) is 4. The lowest BCUT2D eigenvalue weighted by Gasteiger charge is -2.15. The minimum atomic E-state index is 0.427. The lowest BCUT2D eigenvalue weighted by molar-refractivity contribution is 0.106. The molecule has 1 aromatic carbocycles. The fourth-order valence-corrected chi connectivity index (χ4v) is 2.18. The second-order valence-electron chi connectivity index (χ2n) is 5.11. The molecule has 0 bridgehead atoms. The Morgan fingerprint density at radius 3 is 2.52 bits per heavy atom. The van der Waals surface area contributed by atoms with Crippen LogP contribution in [0.1, 0.15) is 31.9 Å². The van der Waals surface area contributed by atoms with Gasteiger partial charge >= 0.3 is 0 Å². The molecule has 0 atom stereocenters. The fourth-order valence-electron chi connectivity index (χ4n) is 1.92. The first kappa shape index (κ1) is 20.0. The molecule has 0 radical (unpaired) electrons. The zero-order valence-electron chi connectivity index (χ0n) is 14.0. The highest BCUT2D eigenvalue weighted by molar-refractivity contribution is 9.28. The van der Waals surface area contributed by atoms with Gasteiger partial charge in [0, 0.05) is 0 Å². The summed E-state index contributed by atoms with van der Waals surface area (Å²) in [5.74, 6) is 1.74. The van der Waals surface area contributed by atoms with Crippen LogP contribution in [-0.2, 0) is 11.3 Å². The number of benzene rings is 1. The van der Waals surface area contributed by atoms with Gasteiger partial charge in [0.1, 0.15) is 24.7 Å². The number of nitrogens with zero attached hydrogens (tertiary/aromatic N) is 1. The van der Waals surface area contributed by atoms with Crippen LogP contribution in [0.2, 0.25) is 0 Å². The van der Waals surface area contributed by atoms with Crippen LogP contribution in [0.3, 0.4) is 0 Å². The number of ether oxygens (including phenoxy) is 2. The van der Waals surface area contributed by atoms with Crippen LogP contribution in [0.4, 0.5) is 0 Å². The molecule has 0 spiro atoms. The molecule has 128 valence electrons. The predicted octanol–water partition coefficient (Wildman–Crippen LogP) is 5.36. The highest BCUT2D eigenvalue weighted by Crippen LogP contribution is 2.29. The Bertz CT molecular complexity index is 563. The first-order valence-corrected chi connectivity index (χ1v) is 9.06. The number of aryl methyl sites for hydroxylation is 2. The maximum Gasteiger partial charge on any atom is 0.151 e. The van der Waals surface area contributed by atoms with Gasteiger partial charge in [-0.1, -0.05) is 12.1 Å². The van der Waals surface area contributed by atoms with E-state index in [1.165, 1.54) is 0 Å². The van der Waals surface area contributed by atoms with Crippen LogP contribution in [0.15, 0.2) is 26.8 Å². The van der Waals surface area contributed by atoms with Crippen LogP contribution in [-0.4, -0.2) is 25.5 Å². The molecular formula is C17H23Br2NO3. The van der Waals surface area contributed by atoms with E-state index < -0.39 is 0 Å². The highest BCUT2D eigenvalue weighted by atomic mass is 79.9. The van der Waals surface area contributed by atoms with E-state index in [1.807, 2.05) is 39.0 Å². The third-order valence-corrected chi connectivity index (χ3v) is 3.51. The van der Waals surface area contributed by atoms with E-state index in [4.69, 9.17) is 14.3 Å². The van der Waals surface area contributed by atoms with E-state index >= 15 is 0 Å². The summed E-state index contributed by atoms with van der Waals surface area (Å²) in [7, 11) is 0. The Morgan fingerprint density at radius 2 is 1.91 bits per heavy atom. The number of halogens is 2. The molecule has 0 saturated heterocycles. The molecule has 0 aliphatic rings. The monoisotopic (exact) mass is 447 g/mol. The summed E-state index contributed by atoms with van der Waals surface area (Å²) in [5.41, 5.74) is 3.06. The van der Waals surface area contributed by atoms with E-state index in [-0.39, 0.29) is 0 Å². The average molecular weight is 449 g/mol. The van der Waals surface area contributed by atoms with E-state index in [0.717, 1.165) is 38.2 Å². The minimum Gasteiger partial charge on any atom is -0.489 e. The van der Waals surface area contributed by atoms with Gasteiger partial charge in [0.05, 0.1) is 9.10 Å². The second kappa shape index (κ2) is 10.7. The Balaban J connectivity index is 2.69. The van der Waals surface area contributed by atoms with E-state index in [1.54, 1.807) is 0 Å². The van der Waals surface area contributed by atoms with Crippen LogP contribution in [0.25, 0.3) is 0 Å². The lowest BCUT2D eigenvalue weighted by Crippen LogP contribution is -2.08. The van der Waals surface area contributed by atoms with Crippen molar-refractivity contribution >= 4 is 37.6 Å².